The van der Waals surface area contributed by atoms with Crippen LogP contribution in [0.4, 0.5) is 0 Å². The van der Waals surface area contributed by atoms with Crippen LogP contribution in [0.1, 0.15) is 87.0 Å². The Bertz CT molecular complexity index is 1770. The van der Waals surface area contributed by atoms with E-state index in [0.29, 0.717) is 37.9 Å². The summed E-state index contributed by atoms with van der Waals surface area (Å²) in [6.07, 6.45) is 5.47. The van der Waals surface area contributed by atoms with Gasteiger partial charge in [0.1, 0.15) is 44.0 Å². The SMILES string of the molecule is CCCCCC(CCC1C(OOC(=N)CC(=O)OCc2ccccc2)CC2Cc3c(cccc3OCC(=O)OC)CC21)OOC(=N)CC(=O)OCc1ccccc1. The number of benzene rings is 3. The van der Waals surface area contributed by atoms with Crippen LogP contribution in [0, 0.1) is 28.6 Å². The van der Waals surface area contributed by atoms with Crippen molar-refractivity contribution >= 4 is 29.7 Å². The highest BCUT2D eigenvalue weighted by Gasteiger charge is 2.47. The van der Waals surface area contributed by atoms with E-state index >= 15 is 0 Å². The van der Waals surface area contributed by atoms with Gasteiger partial charge in [-0.2, -0.15) is 9.78 Å². The van der Waals surface area contributed by atoms with Crippen molar-refractivity contribution in [3.63, 3.8) is 0 Å². The number of carbonyl (C=O) groups excluding carboxylic acids is 3. The van der Waals surface area contributed by atoms with Gasteiger partial charge in [0, 0.05) is 0 Å². The molecule has 1 fully saturated rings. The fraction of sp³-hybridized carbons (Fsp3) is 0.477. The van der Waals surface area contributed by atoms with Gasteiger partial charge in [-0.1, -0.05) is 99.0 Å². The summed E-state index contributed by atoms with van der Waals surface area (Å²) in [6, 6.07) is 24.5. The van der Waals surface area contributed by atoms with E-state index < -0.39 is 24.0 Å². The molecule has 57 heavy (non-hydrogen) atoms. The van der Waals surface area contributed by atoms with Crippen LogP contribution in [0.2, 0.25) is 0 Å². The summed E-state index contributed by atoms with van der Waals surface area (Å²) in [7, 11) is 1.32. The molecule has 0 aliphatic heterocycles. The third-order valence-electron chi connectivity index (χ3n) is 10.5. The van der Waals surface area contributed by atoms with E-state index in [1.807, 2.05) is 72.8 Å². The monoisotopic (exact) mass is 786 g/mol. The van der Waals surface area contributed by atoms with Gasteiger partial charge in [0.2, 0.25) is 11.8 Å². The first kappa shape index (κ1) is 42.9. The van der Waals surface area contributed by atoms with Crippen molar-refractivity contribution in [1.29, 1.82) is 10.8 Å². The number of nitrogens with one attached hydrogen (secondary N) is 2. The third kappa shape index (κ3) is 13.7. The maximum absolute atomic E-state index is 12.5. The van der Waals surface area contributed by atoms with E-state index in [4.69, 9.17) is 49.3 Å². The van der Waals surface area contributed by atoms with Crippen molar-refractivity contribution < 1.29 is 52.9 Å². The second kappa shape index (κ2) is 22.5. The van der Waals surface area contributed by atoms with E-state index in [9.17, 15) is 14.4 Å². The second-order valence-corrected chi connectivity index (χ2v) is 14.6. The lowest BCUT2D eigenvalue weighted by Crippen LogP contribution is -2.30. The average molecular weight is 787 g/mol. The zero-order valence-corrected chi connectivity index (χ0v) is 32.8. The van der Waals surface area contributed by atoms with Crippen LogP contribution >= 0.6 is 0 Å². The molecule has 13 heteroatoms. The highest BCUT2D eigenvalue weighted by atomic mass is 17.2. The molecule has 0 bridgehead atoms. The molecule has 0 spiro atoms. The number of carbonyl (C=O) groups is 3. The largest absolute Gasteiger partial charge is 0.482 e. The lowest BCUT2D eigenvalue weighted by atomic mass is 9.73. The summed E-state index contributed by atoms with van der Waals surface area (Å²) >= 11 is 0. The highest BCUT2D eigenvalue weighted by molar-refractivity contribution is 5.92. The predicted octanol–water partition coefficient (Wildman–Crippen LogP) is 7.80. The number of hydrogen-bond donors (Lipinski definition) is 2. The van der Waals surface area contributed by atoms with Crippen LogP contribution < -0.4 is 4.74 Å². The zero-order chi connectivity index (χ0) is 40.4. The molecule has 0 amide bonds. The molecule has 0 heterocycles. The van der Waals surface area contributed by atoms with Gasteiger partial charge in [-0.15, -0.1) is 0 Å². The summed E-state index contributed by atoms with van der Waals surface area (Å²) in [5, 5.41) is 16.6. The summed E-state index contributed by atoms with van der Waals surface area (Å²) < 4.78 is 21.3. The summed E-state index contributed by atoms with van der Waals surface area (Å²) in [5.74, 6) is -1.30. The molecule has 2 aliphatic carbocycles. The van der Waals surface area contributed by atoms with Gasteiger partial charge >= 0.3 is 17.9 Å². The molecule has 2 aliphatic rings. The molecule has 0 radical (unpaired) electrons. The smallest absolute Gasteiger partial charge is 0.343 e. The predicted molar refractivity (Wildman–Crippen MR) is 209 cm³/mol. The van der Waals surface area contributed by atoms with Gasteiger partial charge in [0.25, 0.3) is 0 Å². The molecular formula is C44H54N2O11. The molecule has 3 aromatic carbocycles. The van der Waals surface area contributed by atoms with Crippen LogP contribution in [0.15, 0.2) is 78.9 Å². The number of ether oxygens (including phenoxy) is 4. The quantitative estimate of drug-likeness (QED) is 0.0194. The Morgan fingerprint density at radius 1 is 0.754 bits per heavy atom. The minimum Gasteiger partial charge on any atom is -0.482 e. The second-order valence-electron chi connectivity index (χ2n) is 14.6. The van der Waals surface area contributed by atoms with Crippen molar-refractivity contribution in [2.24, 2.45) is 17.8 Å². The summed E-state index contributed by atoms with van der Waals surface area (Å²) in [4.78, 5) is 59.5. The molecule has 5 unspecified atom stereocenters. The van der Waals surface area contributed by atoms with Crippen molar-refractivity contribution in [2.75, 3.05) is 13.7 Å². The standard InChI is InChI=1S/C44H54N2O11/c1-3-4-7-18-34(54-56-40(45)25-42(47)52-27-30-13-8-5-9-14-30)20-21-35-36-22-32-17-12-19-38(51-29-44(49)50-2)37(32)23-33(36)24-39(35)55-57-41(46)26-43(48)53-28-31-15-10-6-11-16-31/h5-6,8-17,19,33-36,39,45-46H,3-4,7,18,20-29H2,1-2H3. The van der Waals surface area contributed by atoms with E-state index in [-0.39, 0.29) is 68.3 Å². The van der Waals surface area contributed by atoms with Crippen LogP contribution in [0.5, 0.6) is 5.75 Å². The Kier molecular flexibility index (Phi) is 16.9. The highest BCUT2D eigenvalue weighted by Crippen LogP contribution is 2.49. The number of fused-ring (bicyclic) bond motifs is 2. The van der Waals surface area contributed by atoms with Crippen molar-refractivity contribution in [3.05, 3.63) is 101 Å². The molecule has 1 saturated carbocycles. The minimum absolute atomic E-state index is 0.00897. The fourth-order valence-electron chi connectivity index (χ4n) is 7.60. The maximum atomic E-state index is 12.5. The van der Waals surface area contributed by atoms with Crippen molar-refractivity contribution in [2.45, 2.75) is 103 Å². The Labute approximate surface area is 334 Å². The molecule has 2 N–H and O–H groups in total. The molecule has 13 nitrogen and oxygen atoms in total. The molecule has 306 valence electrons. The van der Waals surface area contributed by atoms with Crippen molar-refractivity contribution in [3.8, 4) is 5.75 Å². The Balaban J connectivity index is 1.21. The first-order valence-electron chi connectivity index (χ1n) is 19.7. The van der Waals surface area contributed by atoms with Crippen LogP contribution in [0.3, 0.4) is 0 Å². The normalized spacial score (nSPS) is 18.6. The minimum atomic E-state index is -0.596. The Morgan fingerprint density at radius 3 is 2.04 bits per heavy atom. The summed E-state index contributed by atoms with van der Waals surface area (Å²) in [6.45, 7) is 2.13. The number of rotatable bonds is 22. The molecule has 3 aromatic rings. The lowest BCUT2D eigenvalue weighted by Gasteiger charge is -2.33. The van der Waals surface area contributed by atoms with Gasteiger partial charge in [-0.3, -0.25) is 20.4 Å². The van der Waals surface area contributed by atoms with E-state index in [0.717, 1.165) is 47.9 Å². The van der Waals surface area contributed by atoms with E-state index in [2.05, 4.69) is 13.0 Å². The van der Waals surface area contributed by atoms with Gasteiger partial charge in [0.15, 0.2) is 6.61 Å². The van der Waals surface area contributed by atoms with Crippen LogP contribution in [0.25, 0.3) is 0 Å². The van der Waals surface area contributed by atoms with E-state index in [1.54, 1.807) is 0 Å². The van der Waals surface area contributed by atoms with Crippen molar-refractivity contribution in [1.82, 2.24) is 0 Å². The molecule has 5 atom stereocenters. The molecular weight excluding hydrogens is 732 g/mol. The number of hydrogen-bond acceptors (Lipinski definition) is 13. The first-order chi connectivity index (χ1) is 27.7. The average Bonchev–Trinajstić information content (AvgIpc) is 3.57. The Hall–Kier alpha value is -5.27. The molecule has 0 aromatic heterocycles. The van der Waals surface area contributed by atoms with Gasteiger partial charge in [-0.05, 0) is 84.6 Å². The fourth-order valence-corrected chi connectivity index (χ4v) is 7.60. The van der Waals surface area contributed by atoms with Gasteiger partial charge < -0.3 is 28.7 Å². The third-order valence-corrected chi connectivity index (χ3v) is 10.5. The zero-order valence-electron chi connectivity index (χ0n) is 32.8. The van der Waals surface area contributed by atoms with Crippen LogP contribution in [-0.4, -0.2) is 55.6 Å². The molecule has 5 rings (SSSR count). The van der Waals surface area contributed by atoms with Gasteiger partial charge in [-0.25, -0.2) is 4.79 Å². The van der Waals surface area contributed by atoms with E-state index in [1.165, 1.54) is 7.11 Å². The molecule has 0 saturated heterocycles. The summed E-state index contributed by atoms with van der Waals surface area (Å²) in [5.41, 5.74) is 3.86. The topological polar surface area (TPSA) is 173 Å². The first-order valence-corrected chi connectivity index (χ1v) is 19.7. The van der Waals surface area contributed by atoms with Crippen LogP contribution in [-0.2, 0) is 74.2 Å². The number of unbranched alkanes of at least 4 members (excludes halogenated alkanes) is 2. The lowest BCUT2D eigenvalue weighted by molar-refractivity contribution is -0.276. The number of esters is 3. The number of methoxy groups -OCH3 is 1. The maximum Gasteiger partial charge on any atom is 0.343 e. The Morgan fingerprint density at radius 2 is 1.40 bits per heavy atom. The van der Waals surface area contributed by atoms with Gasteiger partial charge in [0.05, 0.1) is 7.11 Å².